The first-order valence-electron chi connectivity index (χ1n) is 9.00. The first-order valence-corrected chi connectivity index (χ1v) is 9.82. The van der Waals surface area contributed by atoms with Crippen molar-refractivity contribution < 1.29 is 14.4 Å². The van der Waals surface area contributed by atoms with Gasteiger partial charge in [0.15, 0.2) is 11.5 Å². The summed E-state index contributed by atoms with van der Waals surface area (Å²) in [4.78, 5) is 14.9. The van der Waals surface area contributed by atoms with Crippen molar-refractivity contribution in [1.29, 1.82) is 0 Å². The molecule has 6 nitrogen and oxygen atoms in total. The lowest BCUT2D eigenvalue weighted by Crippen LogP contribution is -2.02. The van der Waals surface area contributed by atoms with Gasteiger partial charge in [0.2, 0.25) is 0 Å². The van der Waals surface area contributed by atoms with Crippen LogP contribution in [-0.2, 0) is 0 Å². The number of nitro benzene ring substituents is 1. The molecule has 3 aromatic rings. The molecule has 0 aliphatic heterocycles. The van der Waals surface area contributed by atoms with Gasteiger partial charge in [0.05, 0.1) is 28.9 Å². The molecule has 146 valence electrons. The molecule has 7 heteroatoms. The van der Waals surface area contributed by atoms with Crippen LogP contribution in [0.15, 0.2) is 36.4 Å². The van der Waals surface area contributed by atoms with E-state index in [2.05, 4.69) is 18.8 Å². The Hall–Kier alpha value is -2.93. The molecule has 0 aliphatic carbocycles. The Labute approximate surface area is 167 Å². The van der Waals surface area contributed by atoms with Gasteiger partial charge in [-0.3, -0.25) is 10.1 Å². The lowest BCUT2D eigenvalue weighted by molar-refractivity contribution is -0.384. The van der Waals surface area contributed by atoms with E-state index in [0.717, 1.165) is 27.4 Å². The van der Waals surface area contributed by atoms with Crippen molar-refractivity contribution >= 4 is 39.4 Å². The van der Waals surface area contributed by atoms with Crippen LogP contribution in [0.2, 0.25) is 0 Å². The number of ether oxygens (including phenoxy) is 2. The molecule has 0 saturated heterocycles. The van der Waals surface area contributed by atoms with Gasteiger partial charge >= 0.3 is 0 Å². The summed E-state index contributed by atoms with van der Waals surface area (Å²) in [7, 11) is 1.62. The summed E-state index contributed by atoms with van der Waals surface area (Å²) in [6, 6.07) is 10.5. The van der Waals surface area contributed by atoms with E-state index in [1.807, 2.05) is 30.4 Å². The van der Waals surface area contributed by atoms with Gasteiger partial charge in [0.25, 0.3) is 5.69 Å². The zero-order valence-electron chi connectivity index (χ0n) is 16.0. The second-order valence-corrected chi connectivity index (χ2v) is 7.80. The van der Waals surface area contributed by atoms with Crippen molar-refractivity contribution in [3.05, 3.63) is 57.1 Å². The fraction of sp³-hybridized carbons (Fsp3) is 0.286. The van der Waals surface area contributed by atoms with Crippen LogP contribution in [0.4, 0.5) is 5.69 Å². The maximum Gasteiger partial charge on any atom is 0.271 e. The summed E-state index contributed by atoms with van der Waals surface area (Å²) in [6.07, 6.45) is 4.82. The largest absolute Gasteiger partial charge is 0.493 e. The summed E-state index contributed by atoms with van der Waals surface area (Å²) >= 11 is 1.49. The van der Waals surface area contributed by atoms with E-state index in [0.29, 0.717) is 23.8 Å². The van der Waals surface area contributed by atoms with E-state index < -0.39 is 4.92 Å². The van der Waals surface area contributed by atoms with Gasteiger partial charge in [-0.2, -0.15) is 0 Å². The monoisotopic (exact) mass is 398 g/mol. The first kappa shape index (κ1) is 19.8. The summed E-state index contributed by atoms with van der Waals surface area (Å²) in [6.45, 7) is 4.98. The third-order valence-electron chi connectivity index (χ3n) is 4.16. The molecule has 2 aromatic carbocycles. The molecule has 0 fully saturated rings. The Bertz CT molecular complexity index is 1010. The number of hydrogen-bond acceptors (Lipinski definition) is 6. The van der Waals surface area contributed by atoms with Gasteiger partial charge in [-0.05, 0) is 42.2 Å². The number of rotatable bonds is 8. The highest BCUT2D eigenvalue weighted by Crippen LogP contribution is 2.30. The Morgan fingerprint density at radius 1 is 1.18 bits per heavy atom. The van der Waals surface area contributed by atoms with Crippen molar-refractivity contribution in [2.75, 3.05) is 13.7 Å². The second-order valence-electron chi connectivity index (χ2n) is 6.74. The normalized spacial score (nSPS) is 11.4. The minimum Gasteiger partial charge on any atom is -0.493 e. The fourth-order valence-electron chi connectivity index (χ4n) is 2.60. The molecule has 0 unspecified atom stereocenters. The van der Waals surface area contributed by atoms with Crippen molar-refractivity contribution in [1.82, 2.24) is 4.98 Å². The number of nitro groups is 1. The molecule has 0 aliphatic rings. The molecule has 0 N–H and O–H groups in total. The Kier molecular flexibility index (Phi) is 6.26. The summed E-state index contributed by atoms with van der Waals surface area (Å²) in [5.74, 6) is 2.00. The smallest absolute Gasteiger partial charge is 0.271 e. The number of hydrogen-bond donors (Lipinski definition) is 0. The van der Waals surface area contributed by atoms with E-state index in [-0.39, 0.29) is 5.69 Å². The highest BCUT2D eigenvalue weighted by atomic mass is 32.1. The quantitative estimate of drug-likeness (QED) is 0.354. The predicted octanol–water partition coefficient (Wildman–Crippen LogP) is 5.81. The zero-order chi connectivity index (χ0) is 20.1. The fourth-order valence-corrected chi connectivity index (χ4v) is 3.45. The Balaban J connectivity index is 1.76. The minimum absolute atomic E-state index is 0.0473. The average molecular weight is 398 g/mol. The van der Waals surface area contributed by atoms with Crippen molar-refractivity contribution in [3.63, 3.8) is 0 Å². The maximum absolute atomic E-state index is 10.9. The predicted molar refractivity (Wildman–Crippen MR) is 113 cm³/mol. The molecule has 0 amide bonds. The number of thiazole rings is 1. The number of benzene rings is 2. The molecule has 1 heterocycles. The molecule has 0 atom stereocenters. The molecule has 0 radical (unpaired) electrons. The summed E-state index contributed by atoms with van der Waals surface area (Å²) < 4.78 is 12.2. The van der Waals surface area contributed by atoms with Crippen LogP contribution in [-0.4, -0.2) is 23.6 Å². The Morgan fingerprint density at radius 2 is 2.00 bits per heavy atom. The maximum atomic E-state index is 10.9. The molecular weight excluding hydrogens is 376 g/mol. The van der Waals surface area contributed by atoms with Gasteiger partial charge in [-0.15, -0.1) is 11.3 Å². The van der Waals surface area contributed by atoms with E-state index in [4.69, 9.17) is 9.47 Å². The van der Waals surface area contributed by atoms with E-state index >= 15 is 0 Å². The lowest BCUT2D eigenvalue weighted by atomic mass is 10.1. The van der Waals surface area contributed by atoms with E-state index in [1.54, 1.807) is 13.2 Å². The standard InChI is InChI=1S/C21H22N2O4S/c1-14(2)10-11-27-18-7-4-15(12-19(18)26-3)5-9-21-22-17-13-16(23(24)25)6-8-20(17)28-21/h4-9,12-14H,10-11H2,1-3H3/b9-5+. The molecule has 0 bridgehead atoms. The molecule has 1 aromatic heterocycles. The van der Waals surface area contributed by atoms with Gasteiger partial charge in [0, 0.05) is 12.1 Å². The third-order valence-corrected chi connectivity index (χ3v) is 5.16. The molecule has 3 rings (SSSR count). The number of nitrogens with zero attached hydrogens (tertiary/aromatic N) is 2. The lowest BCUT2D eigenvalue weighted by Gasteiger charge is -2.12. The molecular formula is C21H22N2O4S. The van der Waals surface area contributed by atoms with Crippen LogP contribution in [0.1, 0.15) is 30.8 Å². The van der Waals surface area contributed by atoms with Gasteiger partial charge < -0.3 is 9.47 Å². The van der Waals surface area contributed by atoms with Crippen molar-refractivity contribution in [3.8, 4) is 11.5 Å². The van der Waals surface area contributed by atoms with Crippen LogP contribution < -0.4 is 9.47 Å². The van der Waals surface area contributed by atoms with Gasteiger partial charge in [0.1, 0.15) is 5.01 Å². The highest BCUT2D eigenvalue weighted by Gasteiger charge is 2.09. The zero-order valence-corrected chi connectivity index (χ0v) is 16.9. The van der Waals surface area contributed by atoms with Crippen LogP contribution in [0.25, 0.3) is 22.4 Å². The summed E-state index contributed by atoms with van der Waals surface area (Å²) in [5, 5.41) is 11.7. The second kappa shape index (κ2) is 8.84. The molecule has 0 spiro atoms. The van der Waals surface area contributed by atoms with Crippen LogP contribution in [0, 0.1) is 16.0 Å². The molecule has 0 saturated carbocycles. The topological polar surface area (TPSA) is 74.5 Å². The number of non-ortho nitro benzene ring substituents is 1. The van der Waals surface area contributed by atoms with Crippen LogP contribution >= 0.6 is 11.3 Å². The Morgan fingerprint density at radius 3 is 2.71 bits per heavy atom. The number of aromatic nitrogens is 1. The highest BCUT2D eigenvalue weighted by molar-refractivity contribution is 7.19. The number of methoxy groups -OCH3 is 1. The third kappa shape index (κ3) is 4.86. The van der Waals surface area contributed by atoms with Crippen LogP contribution in [0.5, 0.6) is 11.5 Å². The van der Waals surface area contributed by atoms with E-state index in [9.17, 15) is 10.1 Å². The SMILES string of the molecule is COc1cc(/C=C/c2nc3cc([N+](=O)[O-])ccc3s2)ccc1OCCC(C)C. The van der Waals surface area contributed by atoms with Crippen LogP contribution in [0.3, 0.4) is 0 Å². The number of fused-ring (bicyclic) bond motifs is 1. The molecule has 28 heavy (non-hydrogen) atoms. The van der Waals surface area contributed by atoms with E-state index in [1.165, 1.54) is 23.5 Å². The van der Waals surface area contributed by atoms with Gasteiger partial charge in [-0.1, -0.05) is 26.0 Å². The minimum atomic E-state index is -0.411. The average Bonchev–Trinajstić information content (AvgIpc) is 3.08. The van der Waals surface area contributed by atoms with Crippen molar-refractivity contribution in [2.24, 2.45) is 5.92 Å². The van der Waals surface area contributed by atoms with Crippen molar-refractivity contribution in [2.45, 2.75) is 20.3 Å². The summed E-state index contributed by atoms with van der Waals surface area (Å²) in [5.41, 5.74) is 1.63. The van der Waals surface area contributed by atoms with Gasteiger partial charge in [-0.25, -0.2) is 4.98 Å². The first-order chi connectivity index (χ1) is 13.5.